The molecule has 1 aromatic heterocycles. The third-order valence-electron chi connectivity index (χ3n) is 0.687. The van der Waals surface area contributed by atoms with Gasteiger partial charge in [-0.15, -0.1) is 0 Å². The Morgan fingerprint density at radius 3 is 1.13 bits per heavy atom. The van der Waals surface area contributed by atoms with Gasteiger partial charge in [0.15, 0.2) is 0 Å². The van der Waals surface area contributed by atoms with Crippen LogP contribution in [-0.2, 0) is 10.4 Å². The van der Waals surface area contributed by atoms with E-state index in [9.17, 15) is 0 Å². The van der Waals surface area contributed by atoms with Crippen LogP contribution in [0.5, 0.6) is 0 Å². The minimum atomic E-state index is -5.17. The Morgan fingerprint density at radius 2 is 1.00 bits per heavy atom. The van der Waals surface area contributed by atoms with Gasteiger partial charge in [-0.25, -0.2) is 0 Å². The maximum absolute atomic E-state index is 8.52. The van der Waals surface area contributed by atoms with Gasteiger partial charge in [-0.2, -0.15) is 15.0 Å². The molecule has 15 heavy (non-hydrogen) atoms. The van der Waals surface area contributed by atoms with Crippen molar-refractivity contribution in [3.8, 4) is 0 Å². The monoisotopic (exact) mass is 360 g/mol. The molecule has 0 saturated heterocycles. The fourth-order valence-electron chi connectivity index (χ4n) is 0.427. The summed E-state index contributed by atoms with van der Waals surface area (Å²) in [5.74, 6) is 0.125. The molecule has 0 aromatic carbocycles. The predicted octanol–water partition coefficient (Wildman–Crippen LogP) is -3.10. The summed E-state index contributed by atoms with van der Waals surface area (Å²) in [6.45, 7) is 0. The zero-order valence-corrected chi connectivity index (χ0v) is 12.6. The molecule has 0 amide bonds. The molecule has 0 saturated carbocycles. The Bertz CT molecular complexity index is 350. The summed E-state index contributed by atoms with van der Waals surface area (Å²) in [5, 5.41) is 0. The molecule has 0 aliphatic heterocycles. The van der Waals surface area contributed by atoms with Crippen LogP contribution in [0.1, 0.15) is 0 Å². The fraction of sp³-hybridized carbons (Fsp3) is 0. The molecule has 0 atom stereocenters. The molecule has 1 aromatic rings. The van der Waals surface area contributed by atoms with Crippen molar-refractivity contribution in [2.75, 3.05) is 17.2 Å². The molecule has 0 unspecified atom stereocenters. The van der Waals surface area contributed by atoms with Crippen molar-refractivity contribution < 1.29 is 17.5 Å². The normalized spacial score (nSPS) is 9.47. The molecule has 0 bridgehead atoms. The zero-order chi connectivity index (χ0) is 11.4. The Balaban J connectivity index is 0. The second-order valence-electron chi connectivity index (χ2n) is 1.82. The first-order valence-electron chi connectivity index (χ1n) is 2.87. The molecule has 1 heterocycles. The molecule has 6 N–H and O–H groups in total. The third kappa shape index (κ3) is 13.9. The standard InChI is InChI=1S/C3H6N6.Ba.H2O4S/c4-1-7-2(5)9-3(6)8-1;;1-5(2,3)4/h(H6,4,5,6,7,8,9);;(H2,1,2,3,4)/q;+2;/p-2. The molecular formula is C3H6BaN6O4S. The van der Waals surface area contributed by atoms with Crippen LogP contribution in [-0.4, -0.2) is 81.4 Å². The van der Waals surface area contributed by atoms with Gasteiger partial charge in [0.1, 0.15) is 0 Å². The van der Waals surface area contributed by atoms with Crippen LogP contribution in [0.15, 0.2) is 0 Å². The van der Waals surface area contributed by atoms with Crippen LogP contribution < -0.4 is 17.2 Å². The molecule has 0 aliphatic carbocycles. The molecule has 12 heteroatoms. The largest absolute Gasteiger partial charge is 2.00 e. The van der Waals surface area contributed by atoms with E-state index in [1.54, 1.807) is 0 Å². The Labute approximate surface area is 125 Å². The van der Waals surface area contributed by atoms with E-state index in [0.717, 1.165) is 0 Å². The van der Waals surface area contributed by atoms with Gasteiger partial charge in [0, 0.05) is 10.4 Å². The van der Waals surface area contributed by atoms with Gasteiger partial charge in [-0.05, 0) is 0 Å². The zero-order valence-electron chi connectivity index (χ0n) is 7.32. The van der Waals surface area contributed by atoms with Gasteiger partial charge in [-0.1, -0.05) is 0 Å². The van der Waals surface area contributed by atoms with Crippen LogP contribution in [0.4, 0.5) is 17.8 Å². The second-order valence-corrected chi connectivity index (χ2v) is 2.63. The van der Waals surface area contributed by atoms with Crippen molar-refractivity contribution in [2.45, 2.75) is 0 Å². The topological polar surface area (TPSA) is 197 Å². The Kier molecular flexibility index (Phi) is 8.26. The average molecular weight is 360 g/mol. The van der Waals surface area contributed by atoms with E-state index in [-0.39, 0.29) is 66.7 Å². The minimum absolute atomic E-state index is 0. The van der Waals surface area contributed by atoms with Gasteiger partial charge in [0.2, 0.25) is 17.8 Å². The molecule has 0 aliphatic rings. The number of nitrogens with zero attached hydrogens (tertiary/aromatic N) is 3. The van der Waals surface area contributed by atoms with E-state index in [0.29, 0.717) is 0 Å². The summed E-state index contributed by atoms with van der Waals surface area (Å²) in [4.78, 5) is 10.5. The summed E-state index contributed by atoms with van der Waals surface area (Å²) in [6, 6.07) is 0. The van der Waals surface area contributed by atoms with Crippen molar-refractivity contribution in [1.82, 2.24) is 15.0 Å². The number of anilines is 3. The van der Waals surface area contributed by atoms with E-state index in [1.165, 1.54) is 0 Å². The minimum Gasteiger partial charge on any atom is -0.759 e. The van der Waals surface area contributed by atoms with Gasteiger partial charge >= 0.3 is 48.9 Å². The van der Waals surface area contributed by atoms with Crippen molar-refractivity contribution in [1.29, 1.82) is 0 Å². The molecule has 80 valence electrons. The molecule has 0 spiro atoms. The quantitative estimate of drug-likeness (QED) is 0.242. The third-order valence-corrected chi connectivity index (χ3v) is 0.687. The average Bonchev–Trinajstić information content (AvgIpc) is 1.77. The van der Waals surface area contributed by atoms with Crippen LogP contribution >= 0.6 is 0 Å². The molecule has 0 radical (unpaired) electrons. The Morgan fingerprint density at radius 1 is 0.867 bits per heavy atom. The summed E-state index contributed by atoms with van der Waals surface area (Å²) in [6.07, 6.45) is 0. The van der Waals surface area contributed by atoms with E-state index < -0.39 is 10.4 Å². The van der Waals surface area contributed by atoms with Crippen molar-refractivity contribution >= 4 is 77.1 Å². The van der Waals surface area contributed by atoms with E-state index in [1.807, 2.05) is 0 Å². The number of aromatic nitrogens is 3. The number of nitrogens with two attached hydrogens (primary N) is 3. The summed E-state index contributed by atoms with van der Waals surface area (Å²) in [7, 11) is -5.17. The maximum atomic E-state index is 8.52. The summed E-state index contributed by atoms with van der Waals surface area (Å²) >= 11 is 0. The second kappa shape index (κ2) is 7.18. The first kappa shape index (κ1) is 17.3. The smallest absolute Gasteiger partial charge is 0.759 e. The molecular weight excluding hydrogens is 353 g/mol. The van der Waals surface area contributed by atoms with Crippen molar-refractivity contribution in [2.24, 2.45) is 0 Å². The molecule has 1 rings (SSSR count). The molecule has 0 fully saturated rings. The van der Waals surface area contributed by atoms with Crippen LogP contribution in [0.25, 0.3) is 0 Å². The number of nitrogen functional groups attached to an aromatic ring is 3. The number of hydrogen-bond acceptors (Lipinski definition) is 10. The maximum Gasteiger partial charge on any atom is 2.00 e. The van der Waals surface area contributed by atoms with E-state index >= 15 is 0 Å². The van der Waals surface area contributed by atoms with Crippen LogP contribution in [0, 0.1) is 0 Å². The molecule has 10 nitrogen and oxygen atoms in total. The predicted molar refractivity (Wildman–Crippen MR) is 49.3 cm³/mol. The first-order chi connectivity index (χ1) is 6.18. The van der Waals surface area contributed by atoms with Gasteiger partial charge in [-0.3, -0.25) is 8.42 Å². The SMILES string of the molecule is Nc1nc(N)nc(N)n1.O=S(=O)([O-])[O-].[Ba+2]. The first-order valence-corrected chi connectivity index (χ1v) is 4.21. The van der Waals surface area contributed by atoms with Crippen molar-refractivity contribution in [3.05, 3.63) is 0 Å². The van der Waals surface area contributed by atoms with E-state index in [4.69, 9.17) is 34.7 Å². The van der Waals surface area contributed by atoms with E-state index in [2.05, 4.69) is 15.0 Å². The summed E-state index contributed by atoms with van der Waals surface area (Å²) in [5.41, 5.74) is 15.4. The number of rotatable bonds is 0. The Hall–Kier alpha value is -0.149. The van der Waals surface area contributed by atoms with Gasteiger partial charge in [0.25, 0.3) is 0 Å². The summed E-state index contributed by atoms with van der Waals surface area (Å²) < 4.78 is 34.1. The van der Waals surface area contributed by atoms with Gasteiger partial charge in [0.05, 0.1) is 0 Å². The number of hydrogen-bond donors (Lipinski definition) is 3. The van der Waals surface area contributed by atoms with Crippen LogP contribution in [0.3, 0.4) is 0 Å². The fourth-order valence-corrected chi connectivity index (χ4v) is 0.427. The van der Waals surface area contributed by atoms with Crippen molar-refractivity contribution in [3.63, 3.8) is 0 Å². The van der Waals surface area contributed by atoms with Gasteiger partial charge < -0.3 is 26.3 Å². The van der Waals surface area contributed by atoms with Crippen LogP contribution in [0.2, 0.25) is 0 Å².